The smallest absolute Gasteiger partial charge is 0.306 e. The molecule has 0 aromatic rings. The highest BCUT2D eigenvalue weighted by atomic mass is 16.6. The van der Waals surface area contributed by atoms with E-state index in [0.29, 0.717) is 19.3 Å². The molecule has 1 unspecified atom stereocenters. The van der Waals surface area contributed by atoms with E-state index in [9.17, 15) is 14.4 Å². The molecule has 0 saturated carbocycles. The number of hydrogen-bond acceptors (Lipinski definition) is 6. The quantitative estimate of drug-likeness (QED) is 0.0261. The largest absolute Gasteiger partial charge is 0.462 e. The zero-order chi connectivity index (χ0) is 56.4. The number of unbranched alkanes of at least 4 members (excludes halogenated alkanes) is 18. The summed E-state index contributed by atoms with van der Waals surface area (Å²) in [6.45, 7) is 6.33. The Hall–Kier alpha value is -4.97. The molecule has 0 spiro atoms. The third-order valence-electron chi connectivity index (χ3n) is 12.7. The molecule has 0 aliphatic carbocycles. The van der Waals surface area contributed by atoms with Crippen molar-refractivity contribution in [2.45, 2.75) is 264 Å². The van der Waals surface area contributed by atoms with Gasteiger partial charge in [-0.25, -0.2) is 0 Å². The molecule has 78 heavy (non-hydrogen) atoms. The second kappa shape index (κ2) is 64.6. The van der Waals surface area contributed by atoms with Gasteiger partial charge in [0.15, 0.2) is 6.10 Å². The van der Waals surface area contributed by atoms with Crippen LogP contribution < -0.4 is 0 Å². The van der Waals surface area contributed by atoms with Crippen molar-refractivity contribution in [3.63, 3.8) is 0 Å². The minimum absolute atomic E-state index is 0.113. The van der Waals surface area contributed by atoms with Gasteiger partial charge in [0, 0.05) is 19.3 Å². The van der Waals surface area contributed by atoms with E-state index < -0.39 is 6.10 Å². The van der Waals surface area contributed by atoms with Crippen LogP contribution in [0.4, 0.5) is 0 Å². The average Bonchev–Trinajstić information content (AvgIpc) is 3.44. The van der Waals surface area contributed by atoms with E-state index in [-0.39, 0.29) is 37.5 Å². The van der Waals surface area contributed by atoms with Gasteiger partial charge in [0.2, 0.25) is 0 Å². The number of carbonyl (C=O) groups excluding carboxylic acids is 3. The summed E-state index contributed by atoms with van der Waals surface area (Å²) < 4.78 is 16.9. The van der Waals surface area contributed by atoms with Crippen LogP contribution in [0.2, 0.25) is 0 Å². The first-order valence-corrected chi connectivity index (χ1v) is 31.5. The molecule has 0 fully saturated rings. The summed E-state index contributed by atoms with van der Waals surface area (Å²) in [4.78, 5) is 38.3. The van der Waals surface area contributed by atoms with Gasteiger partial charge in [0.1, 0.15) is 13.2 Å². The summed E-state index contributed by atoms with van der Waals surface area (Å²) in [5.41, 5.74) is 0. The normalized spacial score (nSPS) is 13.2. The van der Waals surface area contributed by atoms with Gasteiger partial charge in [-0.15, -0.1) is 0 Å². The van der Waals surface area contributed by atoms with Crippen molar-refractivity contribution in [3.8, 4) is 0 Å². The lowest BCUT2D eigenvalue weighted by molar-refractivity contribution is -0.167. The third-order valence-corrected chi connectivity index (χ3v) is 12.7. The predicted molar refractivity (Wildman–Crippen MR) is 338 cm³/mol. The Morgan fingerprint density at radius 3 is 0.833 bits per heavy atom. The van der Waals surface area contributed by atoms with E-state index in [1.807, 2.05) is 0 Å². The van der Waals surface area contributed by atoms with Crippen LogP contribution in [-0.4, -0.2) is 37.2 Å². The van der Waals surface area contributed by atoms with Crippen LogP contribution in [0.5, 0.6) is 0 Å². The average molecular weight is 1080 g/mol. The van der Waals surface area contributed by atoms with Crippen molar-refractivity contribution in [1.29, 1.82) is 0 Å². The molecule has 438 valence electrons. The fourth-order valence-electron chi connectivity index (χ4n) is 8.10. The Bertz CT molecular complexity index is 1760. The van der Waals surface area contributed by atoms with E-state index in [1.54, 1.807) is 0 Å². The first-order chi connectivity index (χ1) is 38.5. The fraction of sp³-hybridized carbons (Fsp3) is 0.597. The topological polar surface area (TPSA) is 78.9 Å². The zero-order valence-corrected chi connectivity index (χ0v) is 50.1. The van der Waals surface area contributed by atoms with Crippen LogP contribution in [-0.2, 0) is 28.6 Å². The van der Waals surface area contributed by atoms with Gasteiger partial charge < -0.3 is 14.2 Å². The van der Waals surface area contributed by atoms with Crippen molar-refractivity contribution in [1.82, 2.24) is 0 Å². The summed E-state index contributed by atoms with van der Waals surface area (Å²) in [6.07, 6.45) is 93.8. The Morgan fingerprint density at radius 1 is 0.269 bits per heavy atom. The molecule has 6 heteroatoms. The van der Waals surface area contributed by atoms with Gasteiger partial charge in [0.25, 0.3) is 0 Å². The molecule has 0 heterocycles. The third kappa shape index (κ3) is 61.9. The lowest BCUT2D eigenvalue weighted by Crippen LogP contribution is -2.30. The van der Waals surface area contributed by atoms with Gasteiger partial charge in [-0.2, -0.15) is 0 Å². The van der Waals surface area contributed by atoms with Crippen LogP contribution in [0.15, 0.2) is 158 Å². The van der Waals surface area contributed by atoms with E-state index in [4.69, 9.17) is 14.2 Å². The van der Waals surface area contributed by atoms with Crippen LogP contribution in [0.1, 0.15) is 258 Å². The molecule has 0 N–H and O–H groups in total. The molecule has 0 radical (unpaired) electrons. The van der Waals surface area contributed by atoms with Gasteiger partial charge >= 0.3 is 17.9 Å². The molecule has 0 rings (SSSR count). The highest BCUT2D eigenvalue weighted by Gasteiger charge is 2.19. The molecular formula is C72H114O6. The maximum Gasteiger partial charge on any atom is 0.306 e. The number of ether oxygens (including phenoxy) is 3. The van der Waals surface area contributed by atoms with Crippen molar-refractivity contribution in [3.05, 3.63) is 158 Å². The van der Waals surface area contributed by atoms with Crippen molar-refractivity contribution in [2.75, 3.05) is 13.2 Å². The standard InChI is InChI=1S/C72H114O6/c1-4-7-10-13-16-19-22-25-28-31-34-35-36-37-39-41-44-47-50-53-56-59-62-65-71(74)77-68-69(67-76-70(73)64-61-58-55-52-49-46-43-40-33-30-27-24-21-18-15-12-9-6-3)78-72(75)66-63-60-57-54-51-48-45-42-38-32-29-26-23-20-17-14-11-8-5-2/h7-8,10-11,16-17,19-21,24-26,28-30,33-35,37-39,42,44,47,53,56,69H,4-6,9,12-15,18,22-23,27,31-32,36,40-41,43,45-46,48-52,54-55,57-68H2,1-3H3/b10-7-,11-8-,19-16-,20-17-,24-21-,28-25-,29-26-,33-30-,35-34-,39-37-,42-38-,47-44-,56-53-. The second-order valence-corrected chi connectivity index (χ2v) is 20.2. The molecular weight excluding hydrogens is 961 g/mol. The van der Waals surface area contributed by atoms with Gasteiger partial charge in [-0.1, -0.05) is 256 Å². The first kappa shape index (κ1) is 73.0. The number of rotatable bonds is 55. The number of hydrogen-bond donors (Lipinski definition) is 0. The molecule has 0 amide bonds. The summed E-state index contributed by atoms with van der Waals surface area (Å²) in [6, 6.07) is 0. The summed E-state index contributed by atoms with van der Waals surface area (Å²) in [7, 11) is 0. The Balaban J connectivity index is 4.56. The van der Waals surface area contributed by atoms with Crippen molar-refractivity contribution in [2.24, 2.45) is 0 Å². The Morgan fingerprint density at radius 2 is 0.513 bits per heavy atom. The Kier molecular flexibility index (Phi) is 60.4. The molecule has 0 aromatic carbocycles. The maximum atomic E-state index is 12.9. The molecule has 0 saturated heterocycles. The lowest BCUT2D eigenvalue weighted by atomic mass is 10.1. The molecule has 0 aromatic heterocycles. The Labute approximate surface area is 480 Å². The van der Waals surface area contributed by atoms with Crippen LogP contribution in [0.3, 0.4) is 0 Å². The highest BCUT2D eigenvalue weighted by molar-refractivity contribution is 5.71. The number of allylic oxidation sites excluding steroid dienone is 26. The van der Waals surface area contributed by atoms with E-state index in [0.717, 1.165) is 141 Å². The highest BCUT2D eigenvalue weighted by Crippen LogP contribution is 2.14. The number of esters is 3. The molecule has 1 atom stereocenters. The second-order valence-electron chi connectivity index (χ2n) is 20.2. The van der Waals surface area contributed by atoms with Gasteiger partial charge in [0.05, 0.1) is 0 Å². The summed E-state index contributed by atoms with van der Waals surface area (Å²) in [5.74, 6) is -0.999. The minimum atomic E-state index is -0.823. The van der Waals surface area contributed by atoms with Crippen molar-refractivity contribution < 1.29 is 28.6 Å². The maximum absolute atomic E-state index is 12.9. The lowest BCUT2D eigenvalue weighted by Gasteiger charge is -2.18. The molecule has 0 aliphatic rings. The van der Waals surface area contributed by atoms with Gasteiger partial charge in [-0.3, -0.25) is 14.4 Å². The molecule has 6 nitrogen and oxygen atoms in total. The van der Waals surface area contributed by atoms with E-state index in [1.165, 1.54) is 70.6 Å². The van der Waals surface area contributed by atoms with Crippen molar-refractivity contribution >= 4 is 17.9 Å². The van der Waals surface area contributed by atoms with Crippen LogP contribution >= 0.6 is 0 Å². The summed E-state index contributed by atoms with van der Waals surface area (Å²) >= 11 is 0. The zero-order valence-electron chi connectivity index (χ0n) is 50.1. The SMILES string of the molecule is CC/C=C\C/C=C\C/C=C\C/C=C\C/C=C\C/C=C\C/C=C\CCCC(=O)OCC(COC(=O)CCCCCCCCC/C=C\C/C=C\CCCCCC)OC(=O)CCCCCCCC/C=C\C/C=C\C/C=C\C/C=C\CC. The number of carbonyl (C=O) groups is 3. The monoisotopic (exact) mass is 1070 g/mol. The van der Waals surface area contributed by atoms with E-state index >= 15 is 0 Å². The summed E-state index contributed by atoms with van der Waals surface area (Å²) in [5, 5.41) is 0. The molecule has 0 aliphatic heterocycles. The fourth-order valence-corrected chi connectivity index (χ4v) is 8.10. The van der Waals surface area contributed by atoms with Crippen LogP contribution in [0, 0.1) is 0 Å². The predicted octanol–water partition coefficient (Wildman–Crippen LogP) is 21.7. The molecule has 0 bridgehead atoms. The van der Waals surface area contributed by atoms with E-state index in [2.05, 4.69) is 179 Å². The van der Waals surface area contributed by atoms with Crippen LogP contribution in [0.25, 0.3) is 0 Å². The minimum Gasteiger partial charge on any atom is -0.462 e. The van der Waals surface area contributed by atoms with Gasteiger partial charge in [-0.05, 0) is 141 Å². The first-order valence-electron chi connectivity index (χ1n) is 31.5.